The van der Waals surface area contributed by atoms with Crippen molar-refractivity contribution >= 4 is 52.4 Å². The Bertz CT molecular complexity index is 1280. The van der Waals surface area contributed by atoms with Crippen molar-refractivity contribution in [1.82, 2.24) is 9.88 Å². The Balaban J connectivity index is 1.54. The molecule has 1 aromatic heterocycles. The molecule has 3 N–H and O–H groups in total. The van der Waals surface area contributed by atoms with Crippen LogP contribution in [-0.2, 0) is 4.79 Å². The van der Waals surface area contributed by atoms with E-state index in [0.717, 1.165) is 24.9 Å². The summed E-state index contributed by atoms with van der Waals surface area (Å²) in [5.74, 6) is -1.49. The molecule has 2 aromatic carbocycles. The molecule has 180 valence electrons. The van der Waals surface area contributed by atoms with Crippen LogP contribution in [0.2, 0.25) is 10.0 Å². The van der Waals surface area contributed by atoms with Gasteiger partial charge in [-0.15, -0.1) is 0 Å². The van der Waals surface area contributed by atoms with Crippen molar-refractivity contribution in [3.8, 4) is 5.75 Å². The summed E-state index contributed by atoms with van der Waals surface area (Å²) < 4.78 is 0. The highest BCUT2D eigenvalue weighted by Gasteiger charge is 2.28. The fourth-order valence-electron chi connectivity index (χ4n) is 3.93. The van der Waals surface area contributed by atoms with Crippen LogP contribution < -0.4 is 10.6 Å². The van der Waals surface area contributed by atoms with Gasteiger partial charge in [0.25, 0.3) is 11.8 Å². The zero-order chi connectivity index (χ0) is 25.1. The minimum Gasteiger partial charge on any atom is -0.506 e. The van der Waals surface area contributed by atoms with Crippen LogP contribution in [0.15, 0.2) is 54.7 Å². The average molecular weight is 513 g/mol. The summed E-state index contributed by atoms with van der Waals surface area (Å²) in [7, 11) is 1.78. The number of aromatic hydroxyl groups is 1. The van der Waals surface area contributed by atoms with Crippen molar-refractivity contribution in [3.05, 3.63) is 81.5 Å². The van der Waals surface area contributed by atoms with E-state index in [1.807, 2.05) is 0 Å². The number of halogens is 2. The molecule has 1 aliphatic heterocycles. The number of rotatable bonds is 5. The van der Waals surface area contributed by atoms with Crippen LogP contribution in [-0.4, -0.2) is 46.3 Å². The molecule has 35 heavy (non-hydrogen) atoms. The Hall–Kier alpha value is -3.62. The molecule has 10 heteroatoms. The average Bonchev–Trinajstić information content (AvgIpc) is 2.84. The molecule has 1 saturated heterocycles. The van der Waals surface area contributed by atoms with E-state index < -0.39 is 11.8 Å². The number of carbonyl (C=O) groups is 3. The Morgan fingerprint density at radius 2 is 1.77 bits per heavy atom. The number of nitrogens with zero attached hydrogens (tertiary/aromatic N) is 2. The molecule has 0 spiro atoms. The summed E-state index contributed by atoms with van der Waals surface area (Å²) in [4.78, 5) is 44.0. The third-order valence-corrected chi connectivity index (χ3v) is 6.21. The number of aromatic nitrogens is 1. The maximum atomic E-state index is 12.9. The number of likely N-dealkylation sites (N-methyl/N-ethyl adjacent to an activating group) is 1. The van der Waals surface area contributed by atoms with Gasteiger partial charge in [0, 0.05) is 36.4 Å². The van der Waals surface area contributed by atoms with Crippen molar-refractivity contribution in [1.29, 1.82) is 0 Å². The van der Waals surface area contributed by atoms with E-state index >= 15 is 0 Å². The molecule has 1 unspecified atom stereocenters. The van der Waals surface area contributed by atoms with Crippen LogP contribution in [0.25, 0.3) is 0 Å². The number of likely N-dealkylation sites (tertiary alicyclic amines) is 1. The second-order valence-corrected chi connectivity index (χ2v) is 9.07. The highest BCUT2D eigenvalue weighted by Crippen LogP contribution is 2.33. The molecular formula is C25H22Cl2N4O4. The lowest BCUT2D eigenvalue weighted by atomic mass is 9.89. The molecule has 1 fully saturated rings. The first kappa shape index (κ1) is 24.5. The lowest BCUT2D eigenvalue weighted by Gasteiger charge is -2.29. The Kier molecular flexibility index (Phi) is 7.23. The number of nitrogens with one attached hydrogen (secondary N) is 2. The van der Waals surface area contributed by atoms with Gasteiger partial charge in [0.2, 0.25) is 5.91 Å². The first-order chi connectivity index (χ1) is 16.7. The normalized spacial score (nSPS) is 15.6. The quantitative estimate of drug-likeness (QED) is 0.419. The number of benzene rings is 2. The van der Waals surface area contributed by atoms with Crippen LogP contribution >= 0.6 is 23.2 Å². The van der Waals surface area contributed by atoms with E-state index in [-0.39, 0.29) is 39.7 Å². The molecule has 3 amide bonds. The second-order valence-electron chi connectivity index (χ2n) is 8.19. The first-order valence-corrected chi connectivity index (χ1v) is 11.6. The van der Waals surface area contributed by atoms with Gasteiger partial charge in [-0.1, -0.05) is 35.3 Å². The number of piperidine rings is 1. The molecule has 8 nitrogen and oxygen atoms in total. The van der Waals surface area contributed by atoms with Crippen molar-refractivity contribution in [2.24, 2.45) is 0 Å². The monoisotopic (exact) mass is 512 g/mol. The number of hydrogen-bond donors (Lipinski definition) is 3. The van der Waals surface area contributed by atoms with E-state index in [2.05, 4.69) is 15.6 Å². The standard InChI is InChI=1S/C25H22Cl2N4O4/c1-31-10-2-3-18(25(31)35)14-4-6-15(7-5-14)23(33)30-22-19(11-17(27)12-20(22)32)24(34)29-21-9-8-16(26)13-28-21/h4-9,11-13,18,32H,2-3,10H2,1H3,(H,30,33)(H,28,29,34). The van der Waals surface area contributed by atoms with Crippen LogP contribution in [0.5, 0.6) is 5.75 Å². The second kappa shape index (κ2) is 10.3. The van der Waals surface area contributed by atoms with Crippen molar-refractivity contribution in [2.45, 2.75) is 18.8 Å². The van der Waals surface area contributed by atoms with E-state index in [4.69, 9.17) is 23.2 Å². The SMILES string of the molecule is CN1CCCC(c2ccc(C(=O)Nc3c(O)cc(Cl)cc3C(=O)Nc3ccc(Cl)cn3)cc2)C1=O. The van der Waals surface area contributed by atoms with Gasteiger partial charge in [-0.3, -0.25) is 14.4 Å². The number of hydrogen-bond acceptors (Lipinski definition) is 5. The Labute approximate surface area is 211 Å². The molecule has 0 bridgehead atoms. The van der Waals surface area contributed by atoms with E-state index in [0.29, 0.717) is 10.6 Å². The summed E-state index contributed by atoms with van der Waals surface area (Å²) >= 11 is 11.9. The van der Waals surface area contributed by atoms with Crippen LogP contribution in [0.3, 0.4) is 0 Å². The molecular weight excluding hydrogens is 491 g/mol. The lowest BCUT2D eigenvalue weighted by Crippen LogP contribution is -2.37. The van der Waals surface area contributed by atoms with E-state index in [1.165, 1.54) is 24.4 Å². The van der Waals surface area contributed by atoms with E-state index in [9.17, 15) is 19.5 Å². The van der Waals surface area contributed by atoms with Crippen LogP contribution in [0.4, 0.5) is 11.5 Å². The molecule has 0 aliphatic carbocycles. The van der Waals surface area contributed by atoms with Crippen molar-refractivity contribution in [3.63, 3.8) is 0 Å². The maximum Gasteiger partial charge on any atom is 0.259 e. The van der Waals surface area contributed by atoms with Crippen LogP contribution in [0.1, 0.15) is 45.0 Å². The topological polar surface area (TPSA) is 112 Å². The fraction of sp³-hybridized carbons (Fsp3) is 0.200. The summed E-state index contributed by atoms with van der Waals surface area (Å²) in [6, 6.07) is 12.3. The van der Waals surface area contributed by atoms with Crippen LogP contribution in [0, 0.1) is 0 Å². The highest BCUT2D eigenvalue weighted by atomic mass is 35.5. The van der Waals surface area contributed by atoms with Crippen molar-refractivity contribution < 1.29 is 19.5 Å². The smallest absolute Gasteiger partial charge is 0.259 e. The van der Waals surface area contributed by atoms with Gasteiger partial charge in [0.05, 0.1) is 22.2 Å². The highest BCUT2D eigenvalue weighted by molar-refractivity contribution is 6.32. The van der Waals surface area contributed by atoms with Gasteiger partial charge in [-0.25, -0.2) is 4.98 Å². The first-order valence-electron chi connectivity index (χ1n) is 10.8. The summed E-state index contributed by atoms with van der Waals surface area (Å²) in [5, 5.41) is 16.1. The number of pyridine rings is 1. The van der Waals surface area contributed by atoms with Crippen molar-refractivity contribution in [2.75, 3.05) is 24.2 Å². The summed E-state index contributed by atoms with van der Waals surface area (Å²) in [6.45, 7) is 0.740. The third kappa shape index (κ3) is 5.55. The molecule has 4 rings (SSSR count). The molecule has 3 aromatic rings. The Morgan fingerprint density at radius 1 is 1.03 bits per heavy atom. The van der Waals surface area contributed by atoms with Gasteiger partial charge in [0.15, 0.2) is 0 Å². The predicted molar refractivity (Wildman–Crippen MR) is 134 cm³/mol. The number of phenols is 1. The zero-order valence-corrected chi connectivity index (χ0v) is 20.2. The van der Waals surface area contributed by atoms with Gasteiger partial charge in [-0.2, -0.15) is 0 Å². The molecule has 2 heterocycles. The largest absolute Gasteiger partial charge is 0.506 e. The number of carbonyl (C=O) groups excluding carboxylic acids is 3. The summed E-state index contributed by atoms with van der Waals surface area (Å²) in [5.41, 5.74) is 0.986. The number of anilines is 2. The Morgan fingerprint density at radius 3 is 2.46 bits per heavy atom. The third-order valence-electron chi connectivity index (χ3n) is 5.77. The van der Waals surface area contributed by atoms with Gasteiger partial charge >= 0.3 is 0 Å². The molecule has 1 atom stereocenters. The van der Waals surface area contributed by atoms with E-state index in [1.54, 1.807) is 42.3 Å². The molecule has 0 radical (unpaired) electrons. The molecule has 1 aliphatic rings. The number of amides is 3. The molecule has 0 saturated carbocycles. The summed E-state index contributed by atoms with van der Waals surface area (Å²) in [6.07, 6.45) is 3.05. The van der Waals surface area contributed by atoms with Gasteiger partial charge in [0.1, 0.15) is 11.6 Å². The maximum absolute atomic E-state index is 12.9. The zero-order valence-electron chi connectivity index (χ0n) is 18.7. The minimum absolute atomic E-state index is 0.0486. The predicted octanol–water partition coefficient (Wildman–Crippen LogP) is 4.93. The van der Waals surface area contributed by atoms with Gasteiger partial charge in [-0.05, 0) is 48.7 Å². The van der Waals surface area contributed by atoms with Gasteiger partial charge < -0.3 is 20.6 Å². The fourth-order valence-corrected chi connectivity index (χ4v) is 4.25. The lowest BCUT2D eigenvalue weighted by molar-refractivity contribution is -0.133. The minimum atomic E-state index is -0.636. The number of phenolic OH excluding ortho intramolecular Hbond substituents is 1.